The van der Waals surface area contributed by atoms with E-state index in [9.17, 15) is 0 Å². The van der Waals surface area contributed by atoms with Gasteiger partial charge < -0.3 is 5.32 Å². The van der Waals surface area contributed by atoms with E-state index in [-0.39, 0.29) is 0 Å². The molecule has 100 valence electrons. The van der Waals surface area contributed by atoms with Crippen LogP contribution >= 0.6 is 23.4 Å². The lowest BCUT2D eigenvalue weighted by Gasteiger charge is -2.11. The highest BCUT2D eigenvalue weighted by Gasteiger charge is 2.21. The molecule has 0 aliphatic heterocycles. The first kappa shape index (κ1) is 13.0. The first-order valence-electron chi connectivity index (χ1n) is 6.39. The molecule has 2 aromatic rings. The van der Waals surface area contributed by atoms with Crippen LogP contribution in [0.5, 0.6) is 0 Å². The highest BCUT2D eigenvalue weighted by molar-refractivity contribution is 7.99. The Morgan fingerprint density at radius 3 is 3.00 bits per heavy atom. The summed E-state index contributed by atoms with van der Waals surface area (Å²) in [7, 11) is 1.93. The average molecular weight is 294 g/mol. The quantitative estimate of drug-likeness (QED) is 0.915. The van der Waals surface area contributed by atoms with E-state index in [1.165, 1.54) is 23.3 Å². The molecule has 1 aromatic carbocycles. The van der Waals surface area contributed by atoms with Crippen LogP contribution in [0.15, 0.2) is 40.4 Å². The number of nitrogens with one attached hydrogen (secondary N) is 1. The van der Waals surface area contributed by atoms with Crippen LogP contribution in [-0.4, -0.2) is 15.8 Å². The van der Waals surface area contributed by atoms with Gasteiger partial charge in [0.25, 0.3) is 0 Å². The van der Waals surface area contributed by atoms with Gasteiger partial charge in [0, 0.05) is 35.7 Å². The van der Waals surface area contributed by atoms with Gasteiger partial charge in [-0.25, -0.2) is 0 Å². The second kappa shape index (κ2) is 5.57. The third-order valence-corrected chi connectivity index (χ3v) is 4.53. The first-order chi connectivity index (χ1) is 9.22. The maximum atomic E-state index is 6.33. The molecular weight excluding hydrogens is 278 g/mol. The third kappa shape index (κ3) is 3.32. The van der Waals surface area contributed by atoms with Crippen molar-refractivity contribution in [2.75, 3.05) is 0 Å². The number of aromatic nitrogens is 2. The minimum atomic E-state index is 0.688. The monoisotopic (exact) mass is 293 g/mol. The van der Waals surface area contributed by atoms with E-state index in [0.717, 1.165) is 16.5 Å². The summed E-state index contributed by atoms with van der Waals surface area (Å²) in [6, 6.07) is 6.76. The van der Waals surface area contributed by atoms with Crippen LogP contribution in [0.3, 0.4) is 0 Å². The van der Waals surface area contributed by atoms with Gasteiger partial charge in [-0.15, -0.1) is 0 Å². The van der Waals surface area contributed by atoms with Gasteiger partial charge in [0.1, 0.15) is 0 Å². The zero-order valence-corrected chi connectivity index (χ0v) is 12.3. The Hall–Kier alpha value is -0.970. The molecule has 5 heteroatoms. The van der Waals surface area contributed by atoms with Gasteiger partial charge in [0.05, 0.1) is 11.1 Å². The molecule has 0 saturated heterocycles. The smallest absolute Gasteiger partial charge is 0.0629 e. The molecule has 3 rings (SSSR count). The molecular formula is C14H16ClN3S. The van der Waals surface area contributed by atoms with Crippen LogP contribution in [0, 0.1) is 0 Å². The van der Waals surface area contributed by atoms with Crippen molar-refractivity contribution in [3.8, 4) is 0 Å². The van der Waals surface area contributed by atoms with E-state index in [4.69, 9.17) is 11.6 Å². The summed E-state index contributed by atoms with van der Waals surface area (Å²) in [5, 5.41) is 8.56. The summed E-state index contributed by atoms with van der Waals surface area (Å²) in [5.41, 5.74) is 1.19. The van der Waals surface area contributed by atoms with Crippen molar-refractivity contribution in [2.45, 2.75) is 35.2 Å². The number of halogens is 1. The van der Waals surface area contributed by atoms with E-state index < -0.39 is 0 Å². The largest absolute Gasteiger partial charge is 0.310 e. The van der Waals surface area contributed by atoms with Gasteiger partial charge in [-0.1, -0.05) is 29.4 Å². The number of aryl methyl sites for hydroxylation is 1. The number of benzene rings is 1. The number of nitrogens with zero attached hydrogens (tertiary/aromatic N) is 2. The van der Waals surface area contributed by atoms with E-state index >= 15 is 0 Å². The molecule has 0 radical (unpaired) electrons. The topological polar surface area (TPSA) is 29.9 Å². The van der Waals surface area contributed by atoms with Crippen molar-refractivity contribution in [2.24, 2.45) is 7.05 Å². The Bertz CT molecular complexity index is 578. The average Bonchev–Trinajstić information content (AvgIpc) is 3.12. The standard InChI is InChI=1S/C14H16ClN3S/c1-18-9-11(7-17-18)19-14-4-2-3-13(15)12(14)8-16-10-5-6-10/h2-4,7,9-10,16H,5-6,8H2,1H3. The summed E-state index contributed by atoms with van der Waals surface area (Å²) in [6.45, 7) is 0.840. The lowest BCUT2D eigenvalue weighted by molar-refractivity contribution is 0.680. The number of hydrogen-bond donors (Lipinski definition) is 1. The lowest BCUT2D eigenvalue weighted by atomic mass is 10.2. The van der Waals surface area contributed by atoms with Gasteiger partial charge in [-0.05, 0) is 30.5 Å². The molecule has 1 aliphatic carbocycles. The summed E-state index contributed by atoms with van der Waals surface area (Å²) < 4.78 is 1.81. The minimum absolute atomic E-state index is 0.688. The highest BCUT2D eigenvalue weighted by atomic mass is 35.5. The van der Waals surface area contributed by atoms with E-state index in [1.807, 2.05) is 36.3 Å². The van der Waals surface area contributed by atoms with Gasteiger partial charge in [-0.2, -0.15) is 5.10 Å². The van der Waals surface area contributed by atoms with Crippen molar-refractivity contribution in [3.63, 3.8) is 0 Å². The van der Waals surface area contributed by atoms with Crippen molar-refractivity contribution < 1.29 is 0 Å². The van der Waals surface area contributed by atoms with Gasteiger partial charge in [-0.3, -0.25) is 4.68 Å². The number of rotatable bonds is 5. The van der Waals surface area contributed by atoms with Crippen LogP contribution in [0.1, 0.15) is 18.4 Å². The molecule has 19 heavy (non-hydrogen) atoms. The maximum Gasteiger partial charge on any atom is 0.0629 e. The molecule has 0 unspecified atom stereocenters. The molecule has 0 spiro atoms. The minimum Gasteiger partial charge on any atom is -0.310 e. The molecule has 0 atom stereocenters. The van der Waals surface area contributed by atoms with Crippen LogP contribution in [-0.2, 0) is 13.6 Å². The fourth-order valence-corrected chi connectivity index (χ4v) is 3.23. The lowest BCUT2D eigenvalue weighted by Crippen LogP contribution is -2.16. The van der Waals surface area contributed by atoms with E-state index in [0.29, 0.717) is 6.04 Å². The second-order valence-electron chi connectivity index (χ2n) is 4.82. The van der Waals surface area contributed by atoms with Crippen molar-refractivity contribution in [1.82, 2.24) is 15.1 Å². The highest BCUT2D eigenvalue weighted by Crippen LogP contribution is 2.34. The normalized spacial score (nSPS) is 14.8. The van der Waals surface area contributed by atoms with Crippen LogP contribution in [0.4, 0.5) is 0 Å². The summed E-state index contributed by atoms with van der Waals surface area (Å²) in [4.78, 5) is 2.34. The molecule has 1 heterocycles. The van der Waals surface area contributed by atoms with Crippen LogP contribution < -0.4 is 5.32 Å². The number of hydrogen-bond acceptors (Lipinski definition) is 3. The Morgan fingerprint density at radius 1 is 1.47 bits per heavy atom. The molecule has 0 bridgehead atoms. The van der Waals surface area contributed by atoms with Crippen LogP contribution in [0.2, 0.25) is 5.02 Å². The molecule has 3 nitrogen and oxygen atoms in total. The van der Waals surface area contributed by atoms with Crippen LogP contribution in [0.25, 0.3) is 0 Å². The molecule has 1 aliphatic rings. The van der Waals surface area contributed by atoms with Gasteiger partial charge in [0.15, 0.2) is 0 Å². The first-order valence-corrected chi connectivity index (χ1v) is 7.59. The molecule has 1 N–H and O–H groups in total. The summed E-state index contributed by atoms with van der Waals surface area (Å²) >= 11 is 8.04. The van der Waals surface area contributed by atoms with E-state index in [2.05, 4.69) is 16.5 Å². The zero-order valence-electron chi connectivity index (χ0n) is 10.8. The van der Waals surface area contributed by atoms with Gasteiger partial charge in [0.2, 0.25) is 0 Å². The Kier molecular flexibility index (Phi) is 3.82. The fourth-order valence-electron chi connectivity index (χ4n) is 1.92. The van der Waals surface area contributed by atoms with Crippen molar-refractivity contribution in [1.29, 1.82) is 0 Å². The zero-order chi connectivity index (χ0) is 13.2. The molecule has 1 fully saturated rings. The Morgan fingerprint density at radius 2 is 2.32 bits per heavy atom. The summed E-state index contributed by atoms with van der Waals surface area (Å²) in [6.07, 6.45) is 6.47. The summed E-state index contributed by atoms with van der Waals surface area (Å²) in [5.74, 6) is 0. The predicted molar refractivity (Wildman–Crippen MR) is 78.6 cm³/mol. The molecule has 0 amide bonds. The SMILES string of the molecule is Cn1cc(Sc2cccc(Cl)c2CNC2CC2)cn1. The second-order valence-corrected chi connectivity index (χ2v) is 6.35. The maximum absolute atomic E-state index is 6.33. The third-order valence-electron chi connectivity index (χ3n) is 3.13. The predicted octanol–water partition coefficient (Wildman–Crippen LogP) is 3.48. The van der Waals surface area contributed by atoms with Crippen molar-refractivity contribution in [3.05, 3.63) is 41.2 Å². The van der Waals surface area contributed by atoms with Crippen molar-refractivity contribution >= 4 is 23.4 Å². The Balaban J connectivity index is 1.80. The van der Waals surface area contributed by atoms with E-state index in [1.54, 1.807) is 11.8 Å². The Labute approximate surface area is 122 Å². The van der Waals surface area contributed by atoms with Gasteiger partial charge >= 0.3 is 0 Å². The molecule has 1 aromatic heterocycles. The molecule has 1 saturated carbocycles. The fraction of sp³-hybridized carbons (Fsp3) is 0.357.